The van der Waals surface area contributed by atoms with Crippen LogP contribution in [0.5, 0.6) is 0 Å². The molecule has 0 fully saturated rings. The summed E-state index contributed by atoms with van der Waals surface area (Å²) in [6, 6.07) is 5.01. The van der Waals surface area contributed by atoms with Crippen LogP contribution in [0.25, 0.3) is 0 Å². The van der Waals surface area contributed by atoms with Crippen LogP contribution >= 0.6 is 0 Å². The molecule has 0 unspecified atom stereocenters. The van der Waals surface area contributed by atoms with Crippen molar-refractivity contribution in [2.75, 3.05) is 58.6 Å². The van der Waals surface area contributed by atoms with Crippen LogP contribution in [0.3, 0.4) is 0 Å². The molecule has 1 aromatic rings. The lowest BCUT2D eigenvalue weighted by molar-refractivity contribution is 0.199. The summed E-state index contributed by atoms with van der Waals surface area (Å²) in [6.07, 6.45) is 0. The molecule has 0 saturated heterocycles. The monoisotopic (exact) mass is 300 g/mol. The molecule has 0 aliphatic heterocycles. The maximum Gasteiger partial charge on any atom is 0.146 e. The lowest BCUT2D eigenvalue weighted by Gasteiger charge is -2.26. The SMILES string of the molecule is COCCNCc1cccc(F)c1N(CCO)CCOC. The first-order chi connectivity index (χ1) is 10.2. The number of rotatable bonds is 11. The van der Waals surface area contributed by atoms with E-state index in [9.17, 15) is 9.50 Å². The Hall–Kier alpha value is -1.21. The van der Waals surface area contributed by atoms with E-state index in [1.807, 2.05) is 11.0 Å². The standard InChI is InChI=1S/C15H25FN2O3/c1-20-10-6-17-12-13-4-3-5-14(16)15(13)18(7-9-19)8-11-21-2/h3-5,17,19H,6-12H2,1-2H3. The zero-order valence-electron chi connectivity index (χ0n) is 12.8. The first kappa shape index (κ1) is 17.8. The van der Waals surface area contributed by atoms with Crippen molar-refractivity contribution >= 4 is 5.69 Å². The van der Waals surface area contributed by atoms with Crippen LogP contribution in [0.1, 0.15) is 5.56 Å². The number of aliphatic hydroxyl groups excluding tert-OH is 1. The van der Waals surface area contributed by atoms with Gasteiger partial charge in [-0.05, 0) is 11.6 Å². The third-order valence-corrected chi connectivity index (χ3v) is 3.12. The van der Waals surface area contributed by atoms with Gasteiger partial charge in [-0.15, -0.1) is 0 Å². The van der Waals surface area contributed by atoms with E-state index in [1.165, 1.54) is 6.07 Å². The summed E-state index contributed by atoms with van der Waals surface area (Å²) in [6.45, 7) is 3.20. The number of nitrogens with zero attached hydrogens (tertiary/aromatic N) is 1. The molecule has 2 N–H and O–H groups in total. The zero-order chi connectivity index (χ0) is 15.5. The van der Waals surface area contributed by atoms with Crippen LogP contribution in [-0.2, 0) is 16.0 Å². The maximum atomic E-state index is 14.2. The number of nitrogens with one attached hydrogen (secondary N) is 1. The van der Waals surface area contributed by atoms with Crippen molar-refractivity contribution in [3.63, 3.8) is 0 Å². The molecule has 0 aliphatic rings. The Labute approximate surface area is 125 Å². The van der Waals surface area contributed by atoms with Crippen molar-refractivity contribution in [3.8, 4) is 0 Å². The highest BCUT2D eigenvalue weighted by Crippen LogP contribution is 2.24. The number of anilines is 1. The number of halogens is 1. The highest BCUT2D eigenvalue weighted by atomic mass is 19.1. The van der Waals surface area contributed by atoms with Gasteiger partial charge in [0, 0.05) is 40.4 Å². The van der Waals surface area contributed by atoms with Gasteiger partial charge in [0.05, 0.1) is 25.5 Å². The molecule has 0 saturated carbocycles. The van der Waals surface area contributed by atoms with Gasteiger partial charge in [-0.2, -0.15) is 0 Å². The summed E-state index contributed by atoms with van der Waals surface area (Å²) in [4.78, 5) is 1.81. The van der Waals surface area contributed by atoms with Gasteiger partial charge >= 0.3 is 0 Å². The Kier molecular flexibility index (Phi) is 8.93. The molecule has 1 rings (SSSR count). The van der Waals surface area contributed by atoms with Gasteiger partial charge < -0.3 is 24.8 Å². The largest absolute Gasteiger partial charge is 0.395 e. The van der Waals surface area contributed by atoms with Gasteiger partial charge in [0.2, 0.25) is 0 Å². The minimum Gasteiger partial charge on any atom is -0.395 e. The number of benzene rings is 1. The summed E-state index contributed by atoms with van der Waals surface area (Å²) in [5.74, 6) is -0.286. The Morgan fingerprint density at radius 3 is 2.62 bits per heavy atom. The summed E-state index contributed by atoms with van der Waals surface area (Å²) >= 11 is 0. The van der Waals surface area contributed by atoms with E-state index in [2.05, 4.69) is 5.32 Å². The smallest absolute Gasteiger partial charge is 0.146 e. The third-order valence-electron chi connectivity index (χ3n) is 3.12. The first-order valence-electron chi connectivity index (χ1n) is 7.06. The molecule has 0 radical (unpaired) electrons. The topological polar surface area (TPSA) is 54.0 Å². The molecule has 0 bridgehead atoms. The van der Waals surface area contributed by atoms with E-state index in [1.54, 1.807) is 20.3 Å². The van der Waals surface area contributed by atoms with E-state index in [-0.39, 0.29) is 12.4 Å². The van der Waals surface area contributed by atoms with E-state index in [0.29, 0.717) is 45.1 Å². The number of para-hydroxylation sites is 1. The average Bonchev–Trinajstić information content (AvgIpc) is 2.48. The molecule has 0 aliphatic carbocycles. The van der Waals surface area contributed by atoms with E-state index in [4.69, 9.17) is 9.47 Å². The lowest BCUT2D eigenvalue weighted by atomic mass is 10.1. The molecule has 5 nitrogen and oxygen atoms in total. The van der Waals surface area contributed by atoms with Crippen molar-refractivity contribution in [1.29, 1.82) is 0 Å². The molecular formula is C15H25FN2O3. The fourth-order valence-electron chi connectivity index (χ4n) is 2.11. The van der Waals surface area contributed by atoms with Crippen LogP contribution in [0.4, 0.5) is 10.1 Å². The molecule has 0 atom stereocenters. The second-order valence-electron chi connectivity index (χ2n) is 4.62. The zero-order valence-corrected chi connectivity index (χ0v) is 12.8. The quantitative estimate of drug-likeness (QED) is 0.597. The highest BCUT2D eigenvalue weighted by Gasteiger charge is 2.15. The van der Waals surface area contributed by atoms with E-state index >= 15 is 0 Å². The van der Waals surface area contributed by atoms with Crippen LogP contribution in [0, 0.1) is 5.82 Å². The fraction of sp³-hybridized carbons (Fsp3) is 0.600. The van der Waals surface area contributed by atoms with Crippen molar-refractivity contribution in [2.45, 2.75) is 6.54 Å². The number of methoxy groups -OCH3 is 2. The molecule has 0 aromatic heterocycles. The van der Waals surface area contributed by atoms with Gasteiger partial charge in [-0.25, -0.2) is 4.39 Å². The highest BCUT2D eigenvalue weighted by molar-refractivity contribution is 5.55. The first-order valence-corrected chi connectivity index (χ1v) is 7.06. The molecule has 0 heterocycles. The molecule has 0 spiro atoms. The molecule has 0 amide bonds. The molecule has 6 heteroatoms. The summed E-state index contributed by atoms with van der Waals surface area (Å²) in [5.41, 5.74) is 1.38. The third kappa shape index (κ3) is 5.97. The predicted molar refractivity (Wildman–Crippen MR) is 81.2 cm³/mol. The van der Waals surface area contributed by atoms with Crippen molar-refractivity contribution < 1.29 is 19.0 Å². The minimum atomic E-state index is -0.286. The Bertz CT molecular complexity index is 405. The van der Waals surface area contributed by atoms with Crippen molar-refractivity contribution in [1.82, 2.24) is 5.32 Å². The van der Waals surface area contributed by atoms with Crippen LogP contribution in [-0.4, -0.2) is 58.8 Å². The second kappa shape index (κ2) is 10.5. The number of hydrogen-bond acceptors (Lipinski definition) is 5. The Morgan fingerprint density at radius 1 is 1.19 bits per heavy atom. The number of aliphatic hydroxyl groups is 1. The molecular weight excluding hydrogens is 275 g/mol. The lowest BCUT2D eigenvalue weighted by Crippen LogP contribution is -2.32. The van der Waals surface area contributed by atoms with E-state index < -0.39 is 0 Å². The molecule has 120 valence electrons. The van der Waals surface area contributed by atoms with Crippen LogP contribution in [0.15, 0.2) is 18.2 Å². The fourth-order valence-corrected chi connectivity index (χ4v) is 2.11. The second-order valence-corrected chi connectivity index (χ2v) is 4.62. The van der Waals surface area contributed by atoms with E-state index in [0.717, 1.165) is 5.56 Å². The normalized spacial score (nSPS) is 10.9. The van der Waals surface area contributed by atoms with Gasteiger partial charge in [-0.1, -0.05) is 12.1 Å². The summed E-state index contributed by atoms with van der Waals surface area (Å²) in [7, 11) is 3.24. The molecule has 21 heavy (non-hydrogen) atoms. The Morgan fingerprint density at radius 2 is 1.95 bits per heavy atom. The van der Waals surface area contributed by atoms with Gasteiger partial charge in [0.25, 0.3) is 0 Å². The average molecular weight is 300 g/mol. The van der Waals surface area contributed by atoms with Gasteiger partial charge in [0.1, 0.15) is 5.82 Å². The van der Waals surface area contributed by atoms with Gasteiger partial charge in [-0.3, -0.25) is 0 Å². The van der Waals surface area contributed by atoms with Crippen molar-refractivity contribution in [3.05, 3.63) is 29.6 Å². The number of ether oxygens (including phenoxy) is 2. The number of hydrogen-bond donors (Lipinski definition) is 2. The van der Waals surface area contributed by atoms with Crippen LogP contribution < -0.4 is 10.2 Å². The maximum absolute atomic E-state index is 14.2. The summed E-state index contributed by atoms with van der Waals surface area (Å²) < 4.78 is 24.2. The predicted octanol–water partition coefficient (Wildman–Crippen LogP) is 1.01. The van der Waals surface area contributed by atoms with Crippen molar-refractivity contribution in [2.24, 2.45) is 0 Å². The Balaban J connectivity index is 2.84. The van der Waals surface area contributed by atoms with Gasteiger partial charge in [0.15, 0.2) is 0 Å². The summed E-state index contributed by atoms with van der Waals surface area (Å²) in [5, 5.41) is 12.4. The minimum absolute atomic E-state index is 0.0331. The molecule has 1 aromatic carbocycles. The van der Waals surface area contributed by atoms with Crippen LogP contribution in [0.2, 0.25) is 0 Å².